The van der Waals surface area contributed by atoms with Crippen molar-refractivity contribution in [1.29, 1.82) is 0 Å². The van der Waals surface area contributed by atoms with Gasteiger partial charge in [0, 0.05) is 37.8 Å². The molecule has 23 heavy (non-hydrogen) atoms. The normalized spacial score (nSPS) is 18.3. The monoisotopic (exact) mass is 318 g/mol. The fraction of sp³-hybridized carbons (Fsp3) is 0.632. The largest absolute Gasteiger partial charge is 0.381 e. The summed E-state index contributed by atoms with van der Waals surface area (Å²) in [6.45, 7) is 6.47. The quantitative estimate of drug-likeness (QED) is 0.774. The van der Waals surface area contributed by atoms with Crippen LogP contribution in [-0.2, 0) is 9.53 Å². The van der Waals surface area contributed by atoms with E-state index >= 15 is 0 Å². The van der Waals surface area contributed by atoms with Crippen LogP contribution in [0, 0.1) is 0 Å². The Morgan fingerprint density at radius 1 is 1.26 bits per heavy atom. The number of nitrogens with one attached hydrogen (secondary N) is 2. The number of carbonyl (C=O) groups excluding carboxylic acids is 1. The summed E-state index contributed by atoms with van der Waals surface area (Å²) in [6, 6.07) is 10.7. The predicted molar refractivity (Wildman–Crippen MR) is 93.3 cm³/mol. The lowest BCUT2D eigenvalue weighted by Crippen LogP contribution is -2.57. The van der Waals surface area contributed by atoms with Gasteiger partial charge < -0.3 is 15.4 Å². The Morgan fingerprint density at radius 2 is 1.96 bits per heavy atom. The average Bonchev–Trinajstić information content (AvgIpc) is 2.60. The summed E-state index contributed by atoms with van der Waals surface area (Å²) in [6.07, 6.45) is 4.49. The van der Waals surface area contributed by atoms with Crippen LogP contribution in [0.1, 0.15) is 57.6 Å². The molecule has 1 aromatic rings. The average molecular weight is 318 g/mol. The van der Waals surface area contributed by atoms with Crippen LogP contribution in [0.5, 0.6) is 0 Å². The zero-order valence-corrected chi connectivity index (χ0v) is 14.4. The fourth-order valence-electron chi connectivity index (χ4n) is 3.11. The highest BCUT2D eigenvalue weighted by atomic mass is 16.5. The van der Waals surface area contributed by atoms with Gasteiger partial charge in [0.25, 0.3) is 0 Å². The number of rotatable bonds is 8. The standard InChI is InChI=1S/C19H30N2O2/c1-3-4-10-18(22)20-15-19(11-13-23-14-12-19)21-16(2)17-8-6-5-7-9-17/h5-9,16,21H,3-4,10-15H2,1-2H3,(H,20,22)/t16-/m0/s1. The summed E-state index contributed by atoms with van der Waals surface area (Å²) in [7, 11) is 0. The van der Waals surface area contributed by atoms with Crippen molar-refractivity contribution in [2.24, 2.45) is 0 Å². The molecule has 0 spiro atoms. The van der Waals surface area contributed by atoms with Gasteiger partial charge in [-0.3, -0.25) is 4.79 Å². The van der Waals surface area contributed by atoms with E-state index in [0.29, 0.717) is 13.0 Å². The Bertz CT molecular complexity index is 470. The first-order valence-electron chi connectivity index (χ1n) is 8.82. The molecule has 0 saturated carbocycles. The van der Waals surface area contributed by atoms with Crippen molar-refractivity contribution < 1.29 is 9.53 Å². The Balaban J connectivity index is 1.96. The minimum Gasteiger partial charge on any atom is -0.381 e. The van der Waals surface area contributed by atoms with Gasteiger partial charge in [0.1, 0.15) is 0 Å². The van der Waals surface area contributed by atoms with E-state index in [2.05, 4.69) is 48.7 Å². The van der Waals surface area contributed by atoms with Crippen LogP contribution >= 0.6 is 0 Å². The van der Waals surface area contributed by atoms with Gasteiger partial charge in [0.05, 0.1) is 0 Å². The highest BCUT2D eigenvalue weighted by Gasteiger charge is 2.34. The summed E-state index contributed by atoms with van der Waals surface area (Å²) < 4.78 is 5.53. The number of unbranched alkanes of at least 4 members (excludes halogenated alkanes) is 1. The molecule has 1 heterocycles. The first-order chi connectivity index (χ1) is 11.2. The zero-order chi connectivity index (χ0) is 16.5. The third-order valence-corrected chi connectivity index (χ3v) is 4.65. The van der Waals surface area contributed by atoms with Gasteiger partial charge in [-0.15, -0.1) is 0 Å². The van der Waals surface area contributed by atoms with Gasteiger partial charge in [-0.2, -0.15) is 0 Å². The molecule has 0 aromatic heterocycles. The molecule has 1 amide bonds. The maximum Gasteiger partial charge on any atom is 0.220 e. The van der Waals surface area contributed by atoms with E-state index in [1.54, 1.807) is 0 Å². The molecule has 1 fully saturated rings. The van der Waals surface area contributed by atoms with Crippen molar-refractivity contribution in [2.45, 2.75) is 57.5 Å². The van der Waals surface area contributed by atoms with Crippen molar-refractivity contribution in [2.75, 3.05) is 19.8 Å². The van der Waals surface area contributed by atoms with Gasteiger partial charge in [0.2, 0.25) is 5.91 Å². The van der Waals surface area contributed by atoms with Crippen LogP contribution in [0.4, 0.5) is 0 Å². The number of benzene rings is 1. The summed E-state index contributed by atoms with van der Waals surface area (Å²) >= 11 is 0. The van der Waals surface area contributed by atoms with E-state index in [0.717, 1.165) is 38.9 Å². The minimum absolute atomic E-state index is 0.0740. The lowest BCUT2D eigenvalue weighted by atomic mass is 9.88. The minimum atomic E-state index is -0.0740. The van der Waals surface area contributed by atoms with Crippen LogP contribution in [0.25, 0.3) is 0 Å². The van der Waals surface area contributed by atoms with Crippen LogP contribution in [-0.4, -0.2) is 31.2 Å². The molecule has 1 aliphatic rings. The molecule has 2 N–H and O–H groups in total. The van der Waals surface area contributed by atoms with E-state index < -0.39 is 0 Å². The molecule has 0 radical (unpaired) electrons. The van der Waals surface area contributed by atoms with Crippen LogP contribution in [0.2, 0.25) is 0 Å². The molecular weight excluding hydrogens is 288 g/mol. The van der Waals surface area contributed by atoms with Gasteiger partial charge in [0.15, 0.2) is 0 Å². The van der Waals surface area contributed by atoms with Crippen molar-refractivity contribution in [1.82, 2.24) is 10.6 Å². The highest BCUT2D eigenvalue weighted by molar-refractivity contribution is 5.75. The fourth-order valence-corrected chi connectivity index (χ4v) is 3.11. The first kappa shape index (κ1) is 18.0. The van der Waals surface area contributed by atoms with E-state index in [1.807, 2.05) is 6.07 Å². The SMILES string of the molecule is CCCCC(=O)NCC1(N[C@@H](C)c2ccccc2)CCOCC1. The van der Waals surface area contributed by atoms with E-state index in [9.17, 15) is 4.79 Å². The Morgan fingerprint density at radius 3 is 2.61 bits per heavy atom. The second kappa shape index (κ2) is 9.04. The molecule has 2 rings (SSSR count). The topological polar surface area (TPSA) is 50.4 Å². The highest BCUT2D eigenvalue weighted by Crippen LogP contribution is 2.25. The molecule has 4 nitrogen and oxygen atoms in total. The van der Waals surface area contributed by atoms with Crippen LogP contribution in [0.15, 0.2) is 30.3 Å². The van der Waals surface area contributed by atoms with Gasteiger partial charge in [-0.05, 0) is 31.7 Å². The lowest BCUT2D eigenvalue weighted by Gasteiger charge is -2.40. The molecule has 1 atom stereocenters. The molecule has 0 bridgehead atoms. The Hall–Kier alpha value is -1.39. The molecule has 1 aliphatic heterocycles. The molecule has 0 aliphatic carbocycles. The zero-order valence-electron chi connectivity index (χ0n) is 14.4. The van der Waals surface area contributed by atoms with E-state index in [1.165, 1.54) is 5.56 Å². The molecule has 1 aromatic carbocycles. The molecule has 0 unspecified atom stereocenters. The second-order valence-corrected chi connectivity index (χ2v) is 6.55. The number of hydrogen-bond acceptors (Lipinski definition) is 3. The van der Waals surface area contributed by atoms with Gasteiger partial charge in [-0.1, -0.05) is 43.7 Å². The maximum atomic E-state index is 12.0. The molecule has 4 heteroatoms. The Labute approximate surface area is 140 Å². The van der Waals surface area contributed by atoms with E-state index in [4.69, 9.17) is 4.74 Å². The second-order valence-electron chi connectivity index (χ2n) is 6.55. The van der Waals surface area contributed by atoms with Crippen molar-refractivity contribution >= 4 is 5.91 Å². The van der Waals surface area contributed by atoms with E-state index in [-0.39, 0.29) is 17.5 Å². The summed E-state index contributed by atoms with van der Waals surface area (Å²) in [5, 5.41) is 6.89. The lowest BCUT2D eigenvalue weighted by molar-refractivity contribution is -0.121. The number of carbonyl (C=O) groups is 1. The smallest absolute Gasteiger partial charge is 0.220 e. The van der Waals surface area contributed by atoms with Crippen LogP contribution in [0.3, 0.4) is 0 Å². The molecule has 1 saturated heterocycles. The predicted octanol–water partition coefficient (Wildman–Crippen LogP) is 3.19. The summed E-state index contributed by atoms with van der Waals surface area (Å²) in [5.74, 6) is 0.159. The summed E-state index contributed by atoms with van der Waals surface area (Å²) in [4.78, 5) is 12.0. The van der Waals surface area contributed by atoms with Gasteiger partial charge in [-0.25, -0.2) is 0 Å². The number of ether oxygens (including phenoxy) is 1. The van der Waals surface area contributed by atoms with Crippen LogP contribution < -0.4 is 10.6 Å². The third-order valence-electron chi connectivity index (χ3n) is 4.65. The Kier molecular flexibility index (Phi) is 7.06. The number of hydrogen-bond donors (Lipinski definition) is 2. The number of amides is 1. The third kappa shape index (κ3) is 5.63. The van der Waals surface area contributed by atoms with Crippen molar-refractivity contribution in [3.63, 3.8) is 0 Å². The molecular formula is C19H30N2O2. The maximum absolute atomic E-state index is 12.0. The first-order valence-corrected chi connectivity index (χ1v) is 8.82. The van der Waals surface area contributed by atoms with Gasteiger partial charge >= 0.3 is 0 Å². The van der Waals surface area contributed by atoms with Crippen molar-refractivity contribution in [3.05, 3.63) is 35.9 Å². The summed E-state index contributed by atoms with van der Waals surface area (Å²) in [5.41, 5.74) is 1.20. The molecule has 128 valence electrons. The van der Waals surface area contributed by atoms with Crippen molar-refractivity contribution in [3.8, 4) is 0 Å².